The van der Waals surface area contributed by atoms with Crippen molar-refractivity contribution >= 4 is 55.0 Å². The minimum absolute atomic E-state index is 0.0994. The lowest BCUT2D eigenvalue weighted by molar-refractivity contribution is 0.0747. The van der Waals surface area contributed by atoms with Crippen LogP contribution >= 0.6 is 22.9 Å². The van der Waals surface area contributed by atoms with Gasteiger partial charge in [-0.3, -0.25) is 4.79 Å². The summed E-state index contributed by atoms with van der Waals surface area (Å²) in [5.41, 5.74) is 2.76. The quantitative estimate of drug-likeness (QED) is 0.436. The lowest BCUT2D eigenvalue weighted by Crippen LogP contribution is -2.48. The number of anilines is 1. The van der Waals surface area contributed by atoms with Gasteiger partial charge in [-0.05, 0) is 47.5 Å². The van der Waals surface area contributed by atoms with Crippen molar-refractivity contribution in [3.05, 3.63) is 70.7 Å². The molecule has 3 aromatic carbocycles. The number of halogens is 1. The lowest BCUT2D eigenvalue weighted by Gasteiger charge is -2.34. The van der Waals surface area contributed by atoms with Gasteiger partial charge in [0.05, 0.1) is 10.2 Å². The molecule has 6 heteroatoms. The average Bonchev–Trinajstić information content (AvgIpc) is 3.21. The van der Waals surface area contributed by atoms with Crippen LogP contribution in [0.5, 0.6) is 0 Å². The van der Waals surface area contributed by atoms with E-state index in [9.17, 15) is 4.79 Å². The number of nitrogens with zero attached hydrogens (tertiary/aromatic N) is 3. The number of aryl methyl sites for hydroxylation is 1. The number of hydrogen-bond donors (Lipinski definition) is 0. The molecule has 1 saturated heterocycles. The number of thiazole rings is 1. The summed E-state index contributed by atoms with van der Waals surface area (Å²) in [4.78, 5) is 22.0. The summed E-state index contributed by atoms with van der Waals surface area (Å²) in [5.74, 6) is 0.0994. The van der Waals surface area contributed by atoms with E-state index in [1.165, 1.54) is 0 Å². The van der Waals surface area contributed by atoms with E-state index in [1.807, 2.05) is 60.4 Å². The standard InChI is InChI=1S/C23H20ClN3OS/c1-15-19(24)8-9-20-21(15)25-23(29-20)27-12-10-26(11-13-27)22(28)18-7-6-16-4-2-3-5-17(16)14-18/h2-9,14H,10-13H2,1H3. The first-order chi connectivity index (χ1) is 14.1. The number of piperazine rings is 1. The molecule has 1 fully saturated rings. The second-order valence-electron chi connectivity index (χ2n) is 7.36. The van der Waals surface area contributed by atoms with Crippen LogP contribution in [0.2, 0.25) is 5.02 Å². The molecule has 1 aliphatic rings. The van der Waals surface area contributed by atoms with Crippen LogP contribution in [0.3, 0.4) is 0 Å². The highest BCUT2D eigenvalue weighted by Crippen LogP contribution is 2.34. The summed E-state index contributed by atoms with van der Waals surface area (Å²) in [6, 6.07) is 18.0. The van der Waals surface area contributed by atoms with E-state index < -0.39 is 0 Å². The van der Waals surface area contributed by atoms with E-state index in [-0.39, 0.29) is 5.91 Å². The molecule has 0 N–H and O–H groups in total. The van der Waals surface area contributed by atoms with E-state index >= 15 is 0 Å². The van der Waals surface area contributed by atoms with Gasteiger partial charge in [-0.1, -0.05) is 53.3 Å². The van der Waals surface area contributed by atoms with Crippen molar-refractivity contribution in [2.24, 2.45) is 0 Å². The molecule has 5 rings (SSSR count). The van der Waals surface area contributed by atoms with Crippen LogP contribution in [-0.2, 0) is 0 Å². The number of benzene rings is 3. The van der Waals surface area contributed by atoms with Crippen molar-refractivity contribution < 1.29 is 4.79 Å². The summed E-state index contributed by atoms with van der Waals surface area (Å²) >= 11 is 7.92. The first-order valence-electron chi connectivity index (χ1n) is 9.69. The molecule has 4 aromatic rings. The molecule has 0 saturated carbocycles. The fourth-order valence-electron chi connectivity index (χ4n) is 3.83. The van der Waals surface area contributed by atoms with Crippen molar-refractivity contribution in [2.45, 2.75) is 6.92 Å². The maximum atomic E-state index is 13.0. The topological polar surface area (TPSA) is 36.4 Å². The Kier molecular flexibility index (Phi) is 4.64. The summed E-state index contributed by atoms with van der Waals surface area (Å²) in [7, 11) is 0. The summed E-state index contributed by atoms with van der Waals surface area (Å²) in [5, 5.41) is 4.00. The molecule has 29 heavy (non-hydrogen) atoms. The first-order valence-corrected chi connectivity index (χ1v) is 10.9. The average molecular weight is 422 g/mol. The van der Waals surface area contributed by atoms with E-state index in [0.29, 0.717) is 13.1 Å². The molecule has 0 aliphatic carbocycles. The minimum Gasteiger partial charge on any atom is -0.345 e. The summed E-state index contributed by atoms with van der Waals surface area (Å²) < 4.78 is 1.15. The van der Waals surface area contributed by atoms with Gasteiger partial charge >= 0.3 is 0 Å². The molecule has 0 bridgehead atoms. The zero-order valence-corrected chi connectivity index (χ0v) is 17.6. The lowest BCUT2D eigenvalue weighted by atomic mass is 10.1. The van der Waals surface area contributed by atoms with E-state index in [0.717, 1.165) is 55.4 Å². The molecule has 0 spiro atoms. The van der Waals surface area contributed by atoms with Gasteiger partial charge in [-0.15, -0.1) is 0 Å². The summed E-state index contributed by atoms with van der Waals surface area (Å²) in [6.45, 7) is 4.97. The van der Waals surface area contributed by atoms with Crippen molar-refractivity contribution in [3.63, 3.8) is 0 Å². The fourth-order valence-corrected chi connectivity index (χ4v) is 5.06. The number of carbonyl (C=O) groups excluding carboxylic acids is 1. The van der Waals surface area contributed by atoms with Gasteiger partial charge in [0.1, 0.15) is 0 Å². The van der Waals surface area contributed by atoms with Crippen molar-refractivity contribution in [3.8, 4) is 0 Å². The first kappa shape index (κ1) is 18.4. The SMILES string of the molecule is Cc1c(Cl)ccc2sc(N3CCN(C(=O)c4ccc5ccccc5c4)CC3)nc12. The Labute approximate surface area is 178 Å². The molecule has 1 aromatic heterocycles. The second kappa shape index (κ2) is 7.32. The van der Waals surface area contributed by atoms with Crippen molar-refractivity contribution in [1.82, 2.24) is 9.88 Å². The predicted molar refractivity (Wildman–Crippen MR) is 121 cm³/mol. The van der Waals surface area contributed by atoms with Crippen molar-refractivity contribution in [2.75, 3.05) is 31.1 Å². The Morgan fingerprint density at radius 1 is 1.00 bits per heavy atom. The number of carbonyl (C=O) groups is 1. The molecule has 0 atom stereocenters. The number of hydrogen-bond acceptors (Lipinski definition) is 4. The second-order valence-corrected chi connectivity index (χ2v) is 8.77. The van der Waals surface area contributed by atoms with Crippen LogP contribution in [0.15, 0.2) is 54.6 Å². The Morgan fingerprint density at radius 3 is 2.55 bits per heavy atom. The normalized spacial score (nSPS) is 14.7. The van der Waals surface area contributed by atoms with Gasteiger partial charge in [-0.25, -0.2) is 4.98 Å². The largest absolute Gasteiger partial charge is 0.345 e. The minimum atomic E-state index is 0.0994. The predicted octanol–water partition coefficient (Wildman–Crippen LogP) is 5.37. The Bertz CT molecular complexity index is 1230. The van der Waals surface area contributed by atoms with E-state index in [1.54, 1.807) is 11.3 Å². The molecule has 1 aliphatic heterocycles. The van der Waals surface area contributed by atoms with Crippen LogP contribution < -0.4 is 4.90 Å². The fraction of sp³-hybridized carbons (Fsp3) is 0.217. The van der Waals surface area contributed by atoms with Gasteiger partial charge in [-0.2, -0.15) is 0 Å². The van der Waals surface area contributed by atoms with Crippen LogP contribution in [-0.4, -0.2) is 42.0 Å². The third-order valence-electron chi connectivity index (χ3n) is 5.57. The van der Waals surface area contributed by atoms with Crippen LogP contribution in [0.25, 0.3) is 21.0 Å². The third-order valence-corrected chi connectivity index (χ3v) is 7.06. The van der Waals surface area contributed by atoms with Gasteiger partial charge in [0.25, 0.3) is 5.91 Å². The highest BCUT2D eigenvalue weighted by Gasteiger charge is 2.24. The Balaban J connectivity index is 1.32. The number of amides is 1. The molecule has 2 heterocycles. The highest BCUT2D eigenvalue weighted by molar-refractivity contribution is 7.22. The monoisotopic (exact) mass is 421 g/mol. The van der Waals surface area contributed by atoms with Gasteiger partial charge < -0.3 is 9.80 Å². The zero-order valence-electron chi connectivity index (χ0n) is 16.1. The zero-order chi connectivity index (χ0) is 20.0. The van der Waals surface area contributed by atoms with Crippen LogP contribution in [0.1, 0.15) is 15.9 Å². The maximum Gasteiger partial charge on any atom is 0.253 e. The number of fused-ring (bicyclic) bond motifs is 2. The number of aromatic nitrogens is 1. The smallest absolute Gasteiger partial charge is 0.253 e. The van der Waals surface area contributed by atoms with Crippen LogP contribution in [0, 0.1) is 6.92 Å². The molecule has 146 valence electrons. The molecular formula is C23H20ClN3OS. The van der Waals surface area contributed by atoms with Crippen LogP contribution in [0.4, 0.5) is 5.13 Å². The molecular weight excluding hydrogens is 402 g/mol. The van der Waals surface area contributed by atoms with Gasteiger partial charge in [0.15, 0.2) is 5.13 Å². The Hall–Kier alpha value is -2.63. The number of rotatable bonds is 2. The van der Waals surface area contributed by atoms with E-state index in [2.05, 4.69) is 11.0 Å². The van der Waals surface area contributed by atoms with Gasteiger partial charge in [0.2, 0.25) is 0 Å². The highest BCUT2D eigenvalue weighted by atomic mass is 35.5. The van der Waals surface area contributed by atoms with E-state index in [4.69, 9.17) is 16.6 Å². The molecule has 1 amide bonds. The maximum absolute atomic E-state index is 13.0. The van der Waals surface area contributed by atoms with Gasteiger partial charge in [0, 0.05) is 36.8 Å². The van der Waals surface area contributed by atoms with Crippen molar-refractivity contribution in [1.29, 1.82) is 0 Å². The molecule has 0 radical (unpaired) electrons. The molecule has 4 nitrogen and oxygen atoms in total. The molecule has 0 unspecified atom stereocenters. The summed E-state index contributed by atoms with van der Waals surface area (Å²) in [6.07, 6.45) is 0. The third kappa shape index (κ3) is 3.34. The Morgan fingerprint density at radius 2 is 1.76 bits per heavy atom.